The van der Waals surface area contributed by atoms with Gasteiger partial charge in [0.2, 0.25) is 0 Å². The van der Waals surface area contributed by atoms with Crippen molar-refractivity contribution in [1.82, 2.24) is 16.3 Å². The maximum absolute atomic E-state index is 12.8. The Balaban J connectivity index is 1.45. The zero-order valence-electron chi connectivity index (χ0n) is 20.0. The van der Waals surface area contributed by atoms with Gasteiger partial charge in [0.1, 0.15) is 11.5 Å². The van der Waals surface area contributed by atoms with Crippen molar-refractivity contribution >= 4 is 29.1 Å². The highest BCUT2D eigenvalue weighted by Crippen LogP contribution is 2.29. The lowest BCUT2D eigenvalue weighted by molar-refractivity contribution is -0.384. The van der Waals surface area contributed by atoms with Crippen LogP contribution in [0.2, 0.25) is 0 Å². The van der Waals surface area contributed by atoms with E-state index in [1.54, 1.807) is 31.2 Å². The highest BCUT2D eigenvalue weighted by Gasteiger charge is 2.28. The first-order chi connectivity index (χ1) is 17.8. The first kappa shape index (κ1) is 25.1. The van der Waals surface area contributed by atoms with E-state index >= 15 is 0 Å². The molecule has 0 unspecified atom stereocenters. The third kappa shape index (κ3) is 5.48. The van der Waals surface area contributed by atoms with E-state index in [2.05, 4.69) is 21.4 Å². The molecule has 0 saturated heterocycles. The number of nitro benzene ring substituents is 1. The van der Waals surface area contributed by atoms with Crippen LogP contribution in [0, 0.1) is 17.0 Å². The van der Waals surface area contributed by atoms with E-state index in [9.17, 15) is 24.5 Å². The molecule has 4 rings (SSSR count). The largest absolute Gasteiger partial charge is 0.497 e. The number of hydrogen-bond acceptors (Lipinski definition) is 8. The van der Waals surface area contributed by atoms with Crippen molar-refractivity contribution in [2.75, 3.05) is 7.11 Å². The highest BCUT2D eigenvalue weighted by atomic mass is 16.6. The molecule has 3 aromatic rings. The SMILES string of the molecule is COc1ccc(C(=O)NNC(=O)c2oc3c(c2C)/C(=N/NC(=O)c2ccc([N+](=O)[O-])cc2)CCC3)cc1. The Labute approximate surface area is 210 Å². The molecule has 190 valence electrons. The van der Waals surface area contributed by atoms with Gasteiger partial charge in [-0.15, -0.1) is 0 Å². The fourth-order valence-corrected chi connectivity index (χ4v) is 3.90. The Kier molecular flexibility index (Phi) is 7.28. The van der Waals surface area contributed by atoms with Gasteiger partial charge in [0.15, 0.2) is 5.76 Å². The van der Waals surface area contributed by atoms with E-state index < -0.39 is 22.6 Å². The van der Waals surface area contributed by atoms with E-state index in [4.69, 9.17) is 9.15 Å². The van der Waals surface area contributed by atoms with Crippen molar-refractivity contribution < 1.29 is 28.5 Å². The number of rotatable bonds is 6. The van der Waals surface area contributed by atoms with Crippen molar-refractivity contribution in [3.05, 3.63) is 92.4 Å². The third-order valence-corrected chi connectivity index (χ3v) is 5.81. The van der Waals surface area contributed by atoms with Crippen molar-refractivity contribution in [1.29, 1.82) is 0 Å². The average Bonchev–Trinajstić information content (AvgIpc) is 3.27. The topological polar surface area (TPSA) is 165 Å². The Hall–Kier alpha value is -5.00. The zero-order chi connectivity index (χ0) is 26.5. The van der Waals surface area contributed by atoms with Gasteiger partial charge in [-0.2, -0.15) is 5.10 Å². The summed E-state index contributed by atoms with van der Waals surface area (Å²) in [6.07, 6.45) is 1.82. The average molecular weight is 505 g/mol. The number of non-ortho nitro benzene ring substituents is 1. The molecule has 12 nitrogen and oxygen atoms in total. The standard InChI is InChI=1S/C25H23N5O7/c1-14-21-19(26-27-23(31)15-6-10-17(11-7-15)30(34)35)4-3-5-20(21)37-22(14)25(33)29-28-24(32)16-8-12-18(36-2)13-9-16/h6-13H,3-5H2,1-2H3,(H,27,31)(H,28,32)(H,29,33)/b26-19+. The summed E-state index contributed by atoms with van der Waals surface area (Å²) in [5, 5.41) is 15.0. The number of nitro groups is 1. The third-order valence-electron chi connectivity index (χ3n) is 5.81. The van der Waals surface area contributed by atoms with Gasteiger partial charge in [-0.3, -0.25) is 35.3 Å². The second kappa shape index (κ2) is 10.7. The van der Waals surface area contributed by atoms with Crippen LogP contribution in [0.1, 0.15) is 61.0 Å². The van der Waals surface area contributed by atoms with E-state index in [1.165, 1.54) is 31.4 Å². The molecule has 3 N–H and O–H groups in total. The first-order valence-electron chi connectivity index (χ1n) is 11.3. The molecule has 0 saturated carbocycles. The lowest BCUT2D eigenvalue weighted by Gasteiger charge is -2.13. The monoisotopic (exact) mass is 505 g/mol. The quantitative estimate of drug-likeness (QED) is 0.342. The van der Waals surface area contributed by atoms with E-state index in [-0.39, 0.29) is 17.0 Å². The number of fused-ring (bicyclic) bond motifs is 1. The van der Waals surface area contributed by atoms with Gasteiger partial charge in [0.05, 0.1) is 17.7 Å². The molecule has 0 radical (unpaired) electrons. The number of furan rings is 1. The lowest BCUT2D eigenvalue weighted by Crippen LogP contribution is -2.41. The summed E-state index contributed by atoms with van der Waals surface area (Å²) in [7, 11) is 1.52. The van der Waals surface area contributed by atoms with Crippen LogP contribution in [0.4, 0.5) is 5.69 Å². The van der Waals surface area contributed by atoms with Gasteiger partial charge in [-0.25, -0.2) is 5.43 Å². The zero-order valence-corrected chi connectivity index (χ0v) is 20.0. The fourth-order valence-electron chi connectivity index (χ4n) is 3.90. The molecule has 1 aliphatic rings. The second-order valence-electron chi connectivity index (χ2n) is 8.15. The van der Waals surface area contributed by atoms with Crippen LogP contribution < -0.4 is 21.0 Å². The van der Waals surface area contributed by atoms with E-state index in [1.807, 2.05) is 0 Å². The first-order valence-corrected chi connectivity index (χ1v) is 11.3. The van der Waals surface area contributed by atoms with Crippen molar-refractivity contribution in [3.8, 4) is 5.75 Å². The number of hydrogen-bond donors (Lipinski definition) is 3. The summed E-state index contributed by atoms with van der Waals surface area (Å²) in [5.41, 5.74) is 9.27. The van der Waals surface area contributed by atoms with Gasteiger partial charge in [-0.05, 0) is 56.2 Å². The molecule has 1 aliphatic carbocycles. The second-order valence-corrected chi connectivity index (χ2v) is 8.15. The maximum Gasteiger partial charge on any atom is 0.305 e. The molecule has 1 heterocycles. The molecule has 12 heteroatoms. The van der Waals surface area contributed by atoms with Crippen LogP contribution in [-0.4, -0.2) is 35.5 Å². The van der Waals surface area contributed by atoms with Crippen LogP contribution in [-0.2, 0) is 6.42 Å². The maximum atomic E-state index is 12.8. The number of nitrogens with zero attached hydrogens (tertiary/aromatic N) is 2. The van der Waals surface area contributed by atoms with Crippen LogP contribution in [0.25, 0.3) is 0 Å². The van der Waals surface area contributed by atoms with Crippen LogP contribution in [0.5, 0.6) is 5.75 Å². The Morgan fingerprint density at radius 2 is 1.57 bits per heavy atom. The summed E-state index contributed by atoms with van der Waals surface area (Å²) >= 11 is 0. The molecule has 1 aromatic heterocycles. The molecule has 0 spiro atoms. The molecule has 0 atom stereocenters. The van der Waals surface area contributed by atoms with Crippen LogP contribution in [0.15, 0.2) is 58.0 Å². The molecular formula is C25H23N5O7. The minimum absolute atomic E-state index is 0.0244. The van der Waals surface area contributed by atoms with Crippen LogP contribution >= 0.6 is 0 Å². The van der Waals surface area contributed by atoms with Crippen LogP contribution in [0.3, 0.4) is 0 Å². The van der Waals surface area contributed by atoms with Gasteiger partial charge in [0, 0.05) is 40.8 Å². The molecule has 0 fully saturated rings. The molecule has 0 bridgehead atoms. The van der Waals surface area contributed by atoms with Crippen molar-refractivity contribution in [3.63, 3.8) is 0 Å². The van der Waals surface area contributed by atoms with Crippen molar-refractivity contribution in [2.24, 2.45) is 5.10 Å². The lowest BCUT2D eigenvalue weighted by atomic mass is 9.93. The van der Waals surface area contributed by atoms with Gasteiger partial charge < -0.3 is 9.15 Å². The number of carbonyl (C=O) groups is 3. The molecule has 2 aromatic carbocycles. The minimum atomic E-state index is -0.636. The van der Waals surface area contributed by atoms with E-state index in [0.717, 1.165) is 0 Å². The summed E-state index contributed by atoms with van der Waals surface area (Å²) in [6, 6.07) is 11.5. The number of aryl methyl sites for hydroxylation is 1. The van der Waals surface area contributed by atoms with Gasteiger partial charge in [-0.1, -0.05) is 0 Å². The predicted molar refractivity (Wildman–Crippen MR) is 131 cm³/mol. The fraction of sp³-hybridized carbons (Fsp3) is 0.200. The minimum Gasteiger partial charge on any atom is -0.497 e. The number of hydrazine groups is 1. The highest BCUT2D eigenvalue weighted by molar-refractivity contribution is 6.07. The normalized spacial score (nSPS) is 13.4. The molecule has 37 heavy (non-hydrogen) atoms. The van der Waals surface area contributed by atoms with Crippen molar-refractivity contribution in [2.45, 2.75) is 26.2 Å². The predicted octanol–water partition coefficient (Wildman–Crippen LogP) is 3.05. The van der Waals surface area contributed by atoms with E-state index in [0.29, 0.717) is 53.2 Å². The van der Waals surface area contributed by atoms with Gasteiger partial charge in [0.25, 0.3) is 17.5 Å². The number of benzene rings is 2. The Morgan fingerprint density at radius 1 is 0.946 bits per heavy atom. The molecule has 0 aliphatic heterocycles. The number of hydrazone groups is 1. The molecule has 3 amide bonds. The van der Waals surface area contributed by atoms with Gasteiger partial charge >= 0.3 is 5.91 Å². The summed E-state index contributed by atoms with van der Waals surface area (Å²) in [4.78, 5) is 47.8. The summed E-state index contributed by atoms with van der Waals surface area (Å²) in [6.45, 7) is 1.70. The number of carbonyl (C=O) groups excluding carboxylic acids is 3. The summed E-state index contributed by atoms with van der Waals surface area (Å²) in [5.74, 6) is -0.507. The summed E-state index contributed by atoms with van der Waals surface area (Å²) < 4.78 is 10.8. The number of methoxy groups -OCH3 is 1. The smallest absolute Gasteiger partial charge is 0.305 e. The number of ether oxygens (including phenoxy) is 1. The number of nitrogens with one attached hydrogen (secondary N) is 3. The molecular weight excluding hydrogens is 482 g/mol. The Bertz CT molecular complexity index is 1390. The Morgan fingerprint density at radius 3 is 2.22 bits per heavy atom. The number of amides is 3.